The third-order valence-corrected chi connectivity index (χ3v) is 5.71. The Morgan fingerprint density at radius 3 is 2.47 bits per heavy atom. The van der Waals surface area contributed by atoms with Crippen molar-refractivity contribution in [2.75, 3.05) is 5.32 Å². The van der Waals surface area contributed by atoms with Crippen molar-refractivity contribution >= 4 is 38.7 Å². The lowest BCUT2D eigenvalue weighted by Gasteiger charge is -2.10. The van der Waals surface area contributed by atoms with Gasteiger partial charge >= 0.3 is 5.69 Å². The van der Waals surface area contributed by atoms with Crippen LogP contribution in [0.5, 0.6) is 0 Å². The van der Waals surface area contributed by atoms with E-state index >= 15 is 0 Å². The molecule has 1 N–H and O–H groups in total. The van der Waals surface area contributed by atoms with E-state index < -0.39 is 0 Å². The fraction of sp³-hybridized carbons (Fsp3) is 0.227. The van der Waals surface area contributed by atoms with Gasteiger partial charge in [-0.15, -0.1) is 0 Å². The van der Waals surface area contributed by atoms with Gasteiger partial charge in [-0.1, -0.05) is 53.2 Å². The molecule has 0 unspecified atom stereocenters. The Morgan fingerprint density at radius 1 is 1.03 bits per heavy atom. The maximum absolute atomic E-state index is 12.9. The number of carbonyl (C=O) groups excluding carboxylic acids is 1. The molecule has 0 saturated carbocycles. The zero-order chi connectivity index (χ0) is 21.1. The van der Waals surface area contributed by atoms with E-state index in [9.17, 15) is 9.59 Å². The van der Waals surface area contributed by atoms with Crippen LogP contribution in [-0.2, 0) is 24.4 Å². The Balaban J connectivity index is 1.56. The number of nitrogens with one attached hydrogen (secondary N) is 1. The fourth-order valence-electron chi connectivity index (χ4n) is 3.54. The SMILES string of the molecule is CCCn1c(=O)n(CC(=O)Nc2ccnn2Cc2ccccc2Br)c2ccccc21. The number of halogens is 1. The van der Waals surface area contributed by atoms with Gasteiger partial charge in [0.1, 0.15) is 12.4 Å². The number of para-hydroxylation sites is 2. The Labute approximate surface area is 182 Å². The lowest BCUT2D eigenvalue weighted by molar-refractivity contribution is -0.116. The molecule has 1 amide bonds. The van der Waals surface area contributed by atoms with Crippen LogP contribution >= 0.6 is 15.9 Å². The molecule has 4 rings (SSSR count). The maximum Gasteiger partial charge on any atom is 0.329 e. The third-order valence-electron chi connectivity index (χ3n) is 4.94. The van der Waals surface area contributed by atoms with Crippen molar-refractivity contribution < 1.29 is 4.79 Å². The number of nitrogens with zero attached hydrogens (tertiary/aromatic N) is 4. The molecule has 0 bridgehead atoms. The summed E-state index contributed by atoms with van der Waals surface area (Å²) in [6.07, 6.45) is 2.49. The van der Waals surface area contributed by atoms with Gasteiger partial charge < -0.3 is 5.32 Å². The highest BCUT2D eigenvalue weighted by Gasteiger charge is 2.16. The van der Waals surface area contributed by atoms with Crippen LogP contribution in [-0.4, -0.2) is 24.8 Å². The molecule has 0 saturated heterocycles. The van der Waals surface area contributed by atoms with E-state index in [1.165, 1.54) is 4.57 Å². The first kappa shape index (κ1) is 20.2. The standard InChI is InChI=1S/C22H22BrN5O2/c1-2-13-26-18-9-5-6-10-19(18)27(22(26)30)15-21(29)25-20-11-12-24-28(20)14-16-7-3-4-8-17(16)23/h3-12H,2,13-15H2,1H3,(H,25,29). The Hall–Kier alpha value is -3.13. The van der Waals surface area contributed by atoms with E-state index in [1.54, 1.807) is 21.5 Å². The minimum Gasteiger partial charge on any atom is -0.309 e. The van der Waals surface area contributed by atoms with Crippen LogP contribution in [0.25, 0.3) is 11.0 Å². The normalized spacial score (nSPS) is 11.1. The number of hydrogen-bond donors (Lipinski definition) is 1. The minimum absolute atomic E-state index is 0.0593. The van der Waals surface area contributed by atoms with Crippen molar-refractivity contribution in [1.29, 1.82) is 0 Å². The van der Waals surface area contributed by atoms with Crippen molar-refractivity contribution in [3.63, 3.8) is 0 Å². The number of carbonyl (C=O) groups is 1. The molecule has 7 nitrogen and oxygen atoms in total. The fourth-order valence-corrected chi connectivity index (χ4v) is 3.95. The Morgan fingerprint density at radius 2 is 1.73 bits per heavy atom. The smallest absolute Gasteiger partial charge is 0.309 e. The van der Waals surface area contributed by atoms with Crippen LogP contribution in [0.4, 0.5) is 5.82 Å². The number of rotatable bonds is 7. The molecule has 154 valence electrons. The predicted molar refractivity (Wildman–Crippen MR) is 121 cm³/mol. The molecule has 0 atom stereocenters. The lowest BCUT2D eigenvalue weighted by Crippen LogP contribution is -2.30. The number of amides is 1. The van der Waals surface area contributed by atoms with Crippen LogP contribution in [0, 0.1) is 0 Å². The lowest BCUT2D eigenvalue weighted by atomic mass is 10.2. The summed E-state index contributed by atoms with van der Waals surface area (Å²) in [4.78, 5) is 25.7. The number of hydrogen-bond acceptors (Lipinski definition) is 3. The highest BCUT2D eigenvalue weighted by atomic mass is 79.9. The molecule has 2 aromatic carbocycles. The molecule has 0 aliphatic rings. The van der Waals surface area contributed by atoms with E-state index in [-0.39, 0.29) is 18.1 Å². The monoisotopic (exact) mass is 467 g/mol. The molecule has 8 heteroatoms. The number of aryl methyl sites for hydroxylation is 1. The first-order valence-electron chi connectivity index (χ1n) is 9.81. The van der Waals surface area contributed by atoms with Gasteiger partial charge in [-0.05, 0) is 30.2 Å². The Bertz CT molecular complexity index is 1250. The van der Waals surface area contributed by atoms with Gasteiger partial charge in [0.15, 0.2) is 0 Å². The number of fused-ring (bicyclic) bond motifs is 1. The van der Waals surface area contributed by atoms with Crippen LogP contribution in [0.2, 0.25) is 0 Å². The molecule has 4 aromatic rings. The van der Waals surface area contributed by atoms with Crippen molar-refractivity contribution in [2.45, 2.75) is 33.0 Å². The van der Waals surface area contributed by atoms with Crippen molar-refractivity contribution in [1.82, 2.24) is 18.9 Å². The first-order chi connectivity index (χ1) is 14.6. The van der Waals surface area contributed by atoms with Crippen LogP contribution in [0.15, 0.2) is 70.1 Å². The quantitative estimate of drug-likeness (QED) is 0.448. The van der Waals surface area contributed by atoms with Crippen LogP contribution < -0.4 is 11.0 Å². The molecule has 0 radical (unpaired) electrons. The number of anilines is 1. The molecule has 0 spiro atoms. The van der Waals surface area contributed by atoms with Gasteiger partial charge in [0.05, 0.1) is 23.8 Å². The van der Waals surface area contributed by atoms with Gasteiger partial charge in [0.25, 0.3) is 0 Å². The summed E-state index contributed by atoms with van der Waals surface area (Å²) < 4.78 is 5.95. The molecule has 2 heterocycles. The molecule has 0 aliphatic heterocycles. The van der Waals surface area contributed by atoms with Crippen molar-refractivity contribution in [3.8, 4) is 0 Å². The zero-order valence-electron chi connectivity index (χ0n) is 16.6. The molecular formula is C22H22BrN5O2. The predicted octanol–water partition coefficient (Wildman–Crippen LogP) is 3.86. The summed E-state index contributed by atoms with van der Waals surface area (Å²) in [5.74, 6) is 0.312. The summed E-state index contributed by atoms with van der Waals surface area (Å²) in [7, 11) is 0. The summed E-state index contributed by atoms with van der Waals surface area (Å²) in [5.41, 5.74) is 2.48. The van der Waals surface area contributed by atoms with Crippen LogP contribution in [0.3, 0.4) is 0 Å². The summed E-state index contributed by atoms with van der Waals surface area (Å²) >= 11 is 3.54. The van der Waals surface area contributed by atoms with Gasteiger partial charge in [-0.25, -0.2) is 9.48 Å². The topological polar surface area (TPSA) is 73.8 Å². The molecule has 30 heavy (non-hydrogen) atoms. The molecular weight excluding hydrogens is 446 g/mol. The van der Waals surface area contributed by atoms with E-state index in [0.717, 1.165) is 27.5 Å². The van der Waals surface area contributed by atoms with E-state index in [0.29, 0.717) is 18.9 Å². The average molecular weight is 468 g/mol. The van der Waals surface area contributed by atoms with Crippen LogP contribution in [0.1, 0.15) is 18.9 Å². The van der Waals surface area contributed by atoms with E-state index in [4.69, 9.17) is 0 Å². The summed E-state index contributed by atoms with van der Waals surface area (Å²) in [6.45, 7) is 3.10. The summed E-state index contributed by atoms with van der Waals surface area (Å²) in [6, 6.07) is 17.2. The molecule has 0 fully saturated rings. The Kier molecular flexibility index (Phi) is 5.85. The molecule has 0 aliphatic carbocycles. The third kappa shape index (κ3) is 3.95. The number of imidazole rings is 1. The first-order valence-corrected chi connectivity index (χ1v) is 10.6. The van der Waals surface area contributed by atoms with Gasteiger partial charge in [-0.3, -0.25) is 13.9 Å². The van der Waals surface area contributed by atoms with Crippen molar-refractivity contribution in [2.24, 2.45) is 0 Å². The van der Waals surface area contributed by atoms with Gasteiger partial charge in [0.2, 0.25) is 5.91 Å². The maximum atomic E-state index is 12.9. The summed E-state index contributed by atoms with van der Waals surface area (Å²) in [5, 5.41) is 7.21. The minimum atomic E-state index is -0.273. The second-order valence-electron chi connectivity index (χ2n) is 7.02. The second kappa shape index (κ2) is 8.71. The van der Waals surface area contributed by atoms with E-state index in [2.05, 4.69) is 26.3 Å². The zero-order valence-corrected chi connectivity index (χ0v) is 18.2. The van der Waals surface area contributed by atoms with Gasteiger partial charge in [-0.2, -0.15) is 5.10 Å². The second-order valence-corrected chi connectivity index (χ2v) is 7.88. The number of aromatic nitrogens is 4. The number of benzene rings is 2. The van der Waals surface area contributed by atoms with E-state index in [1.807, 2.05) is 55.5 Å². The molecule has 2 aromatic heterocycles. The van der Waals surface area contributed by atoms with Crippen molar-refractivity contribution in [3.05, 3.63) is 81.3 Å². The largest absolute Gasteiger partial charge is 0.329 e. The average Bonchev–Trinajstić information content (AvgIpc) is 3.28. The van der Waals surface area contributed by atoms with Gasteiger partial charge in [0, 0.05) is 17.1 Å². The highest BCUT2D eigenvalue weighted by Crippen LogP contribution is 2.19. The highest BCUT2D eigenvalue weighted by molar-refractivity contribution is 9.10.